The van der Waals surface area contributed by atoms with Crippen LogP contribution in [0.15, 0.2) is 18.2 Å². The third-order valence-electron chi connectivity index (χ3n) is 5.74. The Bertz CT molecular complexity index is 934. The molecule has 2 aliphatic heterocycles. The van der Waals surface area contributed by atoms with E-state index in [0.29, 0.717) is 26.2 Å². The number of esters is 1. The monoisotopic (exact) mass is 451 g/mol. The average Bonchev–Trinajstić information content (AvgIpc) is 3.09. The molecule has 1 atom stereocenters. The van der Waals surface area contributed by atoms with Gasteiger partial charge in [-0.2, -0.15) is 0 Å². The quantitative estimate of drug-likeness (QED) is 0.622. The van der Waals surface area contributed by atoms with E-state index in [2.05, 4.69) is 5.32 Å². The van der Waals surface area contributed by atoms with E-state index >= 15 is 0 Å². The van der Waals surface area contributed by atoms with Crippen molar-refractivity contribution in [3.63, 3.8) is 0 Å². The summed E-state index contributed by atoms with van der Waals surface area (Å²) in [6, 6.07) is 5.85. The molecule has 2 aliphatic rings. The Labute approximate surface area is 182 Å². The zero-order chi connectivity index (χ0) is 22.6. The number of ether oxygens (including phenoxy) is 1. The second-order valence-electron chi connectivity index (χ2n) is 8.18. The summed E-state index contributed by atoms with van der Waals surface area (Å²) in [4.78, 5) is 40.3. The highest BCUT2D eigenvalue weighted by molar-refractivity contribution is 7.91. The number of hydrogen-bond donors (Lipinski definition) is 1. The van der Waals surface area contributed by atoms with E-state index in [-0.39, 0.29) is 42.9 Å². The molecule has 31 heavy (non-hydrogen) atoms. The smallest absolute Gasteiger partial charge is 0.310 e. The number of amides is 2. The van der Waals surface area contributed by atoms with Crippen molar-refractivity contribution < 1.29 is 27.5 Å². The molecule has 0 saturated carbocycles. The van der Waals surface area contributed by atoms with E-state index in [4.69, 9.17) is 4.74 Å². The lowest BCUT2D eigenvalue weighted by molar-refractivity contribution is -0.155. The van der Waals surface area contributed by atoms with Crippen LogP contribution in [0.1, 0.15) is 17.5 Å². The Kier molecular flexibility index (Phi) is 7.32. The predicted octanol–water partition coefficient (Wildman–Crippen LogP) is 0.364. The Balaban J connectivity index is 1.39. The van der Waals surface area contributed by atoms with Crippen molar-refractivity contribution in [3.8, 4) is 0 Å². The highest BCUT2D eigenvalue weighted by Gasteiger charge is 2.34. The molecule has 0 bridgehead atoms. The van der Waals surface area contributed by atoms with Crippen molar-refractivity contribution in [2.75, 3.05) is 56.2 Å². The minimum absolute atomic E-state index is 0.0142. The summed E-state index contributed by atoms with van der Waals surface area (Å²) >= 11 is 0. The van der Waals surface area contributed by atoms with Gasteiger partial charge in [-0.15, -0.1) is 0 Å². The molecule has 1 aromatic rings. The van der Waals surface area contributed by atoms with E-state index in [9.17, 15) is 22.8 Å². The van der Waals surface area contributed by atoms with Crippen molar-refractivity contribution in [1.29, 1.82) is 0 Å². The SMILES string of the molecule is Cc1cccc(C)c1NC(=O)CN1CCN(C(=O)COC(=O)C2CCS(=O)(=O)C2)CC1. The highest BCUT2D eigenvalue weighted by Crippen LogP contribution is 2.20. The molecule has 0 spiro atoms. The normalized spacial score (nSPS) is 21.0. The van der Waals surface area contributed by atoms with E-state index in [1.165, 1.54) is 0 Å². The molecular weight excluding hydrogens is 422 g/mol. The lowest BCUT2D eigenvalue weighted by Gasteiger charge is -2.34. The van der Waals surface area contributed by atoms with Crippen LogP contribution in [0.25, 0.3) is 0 Å². The van der Waals surface area contributed by atoms with Crippen LogP contribution < -0.4 is 5.32 Å². The molecule has 1 unspecified atom stereocenters. The Morgan fingerprint density at radius 1 is 1.10 bits per heavy atom. The molecule has 0 radical (unpaired) electrons. The summed E-state index contributed by atoms with van der Waals surface area (Å²) in [7, 11) is -3.17. The van der Waals surface area contributed by atoms with Crippen molar-refractivity contribution in [1.82, 2.24) is 9.80 Å². The molecule has 2 amide bonds. The largest absolute Gasteiger partial charge is 0.455 e. The van der Waals surface area contributed by atoms with Crippen LogP contribution >= 0.6 is 0 Å². The number of anilines is 1. The summed E-state index contributed by atoms with van der Waals surface area (Å²) in [6.07, 6.45) is 0.248. The van der Waals surface area contributed by atoms with E-state index in [1.807, 2.05) is 36.9 Å². The van der Waals surface area contributed by atoms with Crippen molar-refractivity contribution in [2.24, 2.45) is 5.92 Å². The maximum atomic E-state index is 12.4. The third kappa shape index (κ3) is 6.27. The fraction of sp³-hybridized carbons (Fsp3) is 0.571. The maximum absolute atomic E-state index is 12.4. The molecule has 10 heteroatoms. The molecule has 170 valence electrons. The summed E-state index contributed by atoms with van der Waals surface area (Å²) in [6.45, 7) is 5.71. The molecular formula is C21H29N3O6S. The molecule has 9 nitrogen and oxygen atoms in total. The van der Waals surface area contributed by atoms with Gasteiger partial charge in [0.1, 0.15) is 0 Å². The molecule has 3 rings (SSSR count). The summed E-state index contributed by atoms with van der Waals surface area (Å²) < 4.78 is 28.0. The molecule has 1 aromatic carbocycles. The van der Waals surface area contributed by atoms with Gasteiger partial charge in [-0.25, -0.2) is 8.42 Å². The van der Waals surface area contributed by atoms with Gasteiger partial charge in [0.2, 0.25) is 5.91 Å². The van der Waals surface area contributed by atoms with Gasteiger partial charge in [0.05, 0.1) is 24.0 Å². The van der Waals surface area contributed by atoms with Crippen molar-refractivity contribution in [3.05, 3.63) is 29.3 Å². The number of nitrogens with zero attached hydrogens (tertiary/aromatic N) is 2. The summed E-state index contributed by atoms with van der Waals surface area (Å²) in [5.74, 6) is -1.93. The Morgan fingerprint density at radius 3 is 2.32 bits per heavy atom. The van der Waals surface area contributed by atoms with Gasteiger partial charge in [-0.3, -0.25) is 19.3 Å². The van der Waals surface area contributed by atoms with Crippen LogP contribution in [0.3, 0.4) is 0 Å². The minimum Gasteiger partial charge on any atom is -0.455 e. The van der Waals surface area contributed by atoms with Crippen molar-refractivity contribution in [2.45, 2.75) is 20.3 Å². The number of hydrogen-bond acceptors (Lipinski definition) is 7. The van der Waals surface area contributed by atoms with E-state index in [1.54, 1.807) is 4.90 Å². The first-order chi connectivity index (χ1) is 14.6. The van der Waals surface area contributed by atoms with Gasteiger partial charge < -0.3 is 15.0 Å². The maximum Gasteiger partial charge on any atom is 0.310 e. The number of para-hydroxylation sites is 1. The van der Waals surface area contributed by atoms with Crippen LogP contribution in [0.4, 0.5) is 5.69 Å². The molecule has 1 N–H and O–H groups in total. The van der Waals surface area contributed by atoms with Crippen LogP contribution in [-0.2, 0) is 29.0 Å². The van der Waals surface area contributed by atoms with Gasteiger partial charge in [-0.05, 0) is 31.4 Å². The number of carbonyl (C=O) groups excluding carboxylic acids is 3. The number of aryl methyl sites for hydroxylation is 2. The van der Waals surface area contributed by atoms with Gasteiger partial charge >= 0.3 is 5.97 Å². The van der Waals surface area contributed by atoms with Crippen LogP contribution in [0, 0.1) is 19.8 Å². The van der Waals surface area contributed by atoms with Crippen molar-refractivity contribution >= 4 is 33.3 Å². The molecule has 2 heterocycles. The number of nitrogens with one attached hydrogen (secondary N) is 1. The Morgan fingerprint density at radius 2 is 1.74 bits per heavy atom. The summed E-state index contributed by atoms with van der Waals surface area (Å²) in [5, 5.41) is 2.96. The van der Waals surface area contributed by atoms with Crippen LogP contribution in [0.5, 0.6) is 0 Å². The number of rotatable bonds is 6. The van der Waals surface area contributed by atoms with E-state index in [0.717, 1.165) is 16.8 Å². The lowest BCUT2D eigenvalue weighted by Crippen LogP contribution is -2.51. The van der Waals surface area contributed by atoms with Crippen LogP contribution in [0.2, 0.25) is 0 Å². The topological polar surface area (TPSA) is 113 Å². The zero-order valence-electron chi connectivity index (χ0n) is 17.9. The highest BCUT2D eigenvalue weighted by atomic mass is 32.2. The molecule has 2 fully saturated rings. The first kappa shape index (κ1) is 23.2. The number of sulfone groups is 1. The first-order valence-electron chi connectivity index (χ1n) is 10.4. The van der Waals surface area contributed by atoms with Gasteiger partial charge in [0, 0.05) is 31.9 Å². The number of piperazine rings is 1. The molecule has 0 aromatic heterocycles. The van der Waals surface area contributed by atoms with E-state index < -0.39 is 21.7 Å². The first-order valence-corrected chi connectivity index (χ1v) is 12.2. The summed E-state index contributed by atoms with van der Waals surface area (Å²) in [5.41, 5.74) is 2.85. The molecule has 2 saturated heterocycles. The fourth-order valence-electron chi connectivity index (χ4n) is 3.87. The minimum atomic E-state index is -3.17. The van der Waals surface area contributed by atoms with Crippen LogP contribution in [-0.4, -0.2) is 86.8 Å². The lowest BCUT2D eigenvalue weighted by atomic mass is 10.1. The molecule has 0 aliphatic carbocycles. The van der Waals surface area contributed by atoms with Gasteiger partial charge in [0.25, 0.3) is 5.91 Å². The van der Waals surface area contributed by atoms with Gasteiger partial charge in [-0.1, -0.05) is 18.2 Å². The predicted molar refractivity (Wildman–Crippen MR) is 115 cm³/mol. The fourth-order valence-corrected chi connectivity index (χ4v) is 5.60. The number of carbonyl (C=O) groups is 3. The third-order valence-corrected chi connectivity index (χ3v) is 7.51. The number of benzene rings is 1. The second-order valence-corrected chi connectivity index (χ2v) is 10.4. The van der Waals surface area contributed by atoms with Gasteiger partial charge in [0.15, 0.2) is 16.4 Å². The standard InChI is InChI=1S/C21H29N3O6S/c1-15-4-3-5-16(2)20(15)22-18(25)12-23-7-9-24(10-8-23)19(26)13-30-21(27)17-6-11-31(28,29)14-17/h3-5,17H,6-14H2,1-2H3,(H,22,25). The zero-order valence-corrected chi connectivity index (χ0v) is 18.7. The second kappa shape index (κ2) is 9.78. The Hall–Kier alpha value is -2.46. The average molecular weight is 452 g/mol.